The Morgan fingerprint density at radius 1 is 1.29 bits per heavy atom. The van der Waals surface area contributed by atoms with Crippen molar-refractivity contribution in [3.63, 3.8) is 0 Å². The average molecular weight is 288 g/mol. The number of aromatic nitrogens is 3. The Labute approximate surface area is 126 Å². The van der Waals surface area contributed by atoms with Crippen LogP contribution in [0.25, 0.3) is 0 Å². The summed E-state index contributed by atoms with van der Waals surface area (Å²) in [4.78, 5) is 4.59. The third kappa shape index (κ3) is 3.82. The van der Waals surface area contributed by atoms with Crippen LogP contribution in [0.1, 0.15) is 51.9 Å². The van der Waals surface area contributed by atoms with E-state index in [2.05, 4.69) is 44.7 Å². The van der Waals surface area contributed by atoms with Crippen LogP contribution < -0.4 is 10.5 Å². The molecule has 0 atom stereocenters. The quantitative estimate of drug-likeness (QED) is 0.936. The van der Waals surface area contributed by atoms with Crippen LogP contribution in [0.15, 0.2) is 24.5 Å². The van der Waals surface area contributed by atoms with Gasteiger partial charge < -0.3 is 10.5 Å². The summed E-state index contributed by atoms with van der Waals surface area (Å²) in [6.45, 7) is 11.0. The van der Waals surface area contributed by atoms with Crippen LogP contribution in [0.5, 0.6) is 11.6 Å². The van der Waals surface area contributed by atoms with Gasteiger partial charge in [-0.25, -0.2) is 4.98 Å². The molecule has 0 amide bonds. The summed E-state index contributed by atoms with van der Waals surface area (Å²) in [6.07, 6.45) is 3.58. The number of ether oxygens (including phenoxy) is 1. The molecule has 0 radical (unpaired) electrons. The van der Waals surface area contributed by atoms with Crippen LogP contribution in [0.3, 0.4) is 0 Å². The van der Waals surface area contributed by atoms with Gasteiger partial charge in [0.15, 0.2) is 5.75 Å². The van der Waals surface area contributed by atoms with E-state index in [1.54, 1.807) is 6.20 Å². The van der Waals surface area contributed by atoms with E-state index in [-0.39, 0.29) is 5.41 Å². The van der Waals surface area contributed by atoms with Gasteiger partial charge in [-0.2, -0.15) is 5.10 Å². The Hall–Kier alpha value is -1.88. The normalized spacial score (nSPS) is 12.0. The molecule has 0 aromatic carbocycles. The van der Waals surface area contributed by atoms with Gasteiger partial charge >= 0.3 is 0 Å². The summed E-state index contributed by atoms with van der Waals surface area (Å²) < 4.78 is 7.69. The summed E-state index contributed by atoms with van der Waals surface area (Å²) in [5.74, 6) is 1.25. The fraction of sp³-hybridized carbons (Fsp3) is 0.500. The predicted octanol–water partition coefficient (Wildman–Crippen LogP) is 3.41. The van der Waals surface area contributed by atoms with Crippen molar-refractivity contribution in [1.29, 1.82) is 0 Å². The molecule has 2 heterocycles. The Balaban J connectivity index is 2.30. The van der Waals surface area contributed by atoms with Gasteiger partial charge in [0.05, 0.1) is 18.1 Å². The minimum absolute atomic E-state index is 0.0502. The van der Waals surface area contributed by atoms with E-state index in [4.69, 9.17) is 10.5 Å². The van der Waals surface area contributed by atoms with Crippen molar-refractivity contribution >= 4 is 0 Å². The summed E-state index contributed by atoms with van der Waals surface area (Å²) in [5.41, 5.74) is 7.70. The van der Waals surface area contributed by atoms with E-state index in [0.29, 0.717) is 24.2 Å². The largest absolute Gasteiger partial charge is 0.436 e. The molecule has 21 heavy (non-hydrogen) atoms. The molecule has 0 saturated heterocycles. The third-order valence-corrected chi connectivity index (χ3v) is 3.20. The monoisotopic (exact) mass is 288 g/mol. The number of rotatable bonds is 4. The van der Waals surface area contributed by atoms with Crippen molar-refractivity contribution in [3.05, 3.63) is 35.8 Å². The van der Waals surface area contributed by atoms with E-state index < -0.39 is 0 Å². The van der Waals surface area contributed by atoms with Crippen molar-refractivity contribution in [3.8, 4) is 11.6 Å². The molecule has 0 unspecified atom stereocenters. The average Bonchev–Trinajstić information content (AvgIpc) is 2.86. The Morgan fingerprint density at radius 2 is 2.00 bits per heavy atom. The van der Waals surface area contributed by atoms with Crippen LogP contribution in [-0.4, -0.2) is 14.8 Å². The lowest BCUT2D eigenvalue weighted by atomic mass is 9.91. The first-order valence-electron chi connectivity index (χ1n) is 7.23. The number of pyridine rings is 1. The first kappa shape index (κ1) is 15.5. The first-order chi connectivity index (χ1) is 9.79. The lowest BCUT2D eigenvalue weighted by Crippen LogP contribution is -2.15. The molecule has 0 aliphatic rings. The zero-order valence-electron chi connectivity index (χ0n) is 13.4. The molecule has 5 nitrogen and oxygen atoms in total. The Bertz CT molecular complexity index is 611. The van der Waals surface area contributed by atoms with Gasteiger partial charge in [0.1, 0.15) is 0 Å². The van der Waals surface area contributed by atoms with Crippen LogP contribution in [0, 0.1) is 0 Å². The second-order valence-electron chi connectivity index (χ2n) is 6.50. The molecule has 2 N–H and O–H groups in total. The standard InChI is InChI=1S/C16H24N4O/c1-11(2)20-10-13(9-18-20)21-15-7-12(8-17)6-14(19-15)16(3,4)5/h6-7,9-11H,8,17H2,1-5H3. The fourth-order valence-electron chi connectivity index (χ4n) is 1.89. The molecule has 2 aromatic heterocycles. The summed E-state index contributed by atoms with van der Waals surface area (Å²) in [5, 5.41) is 4.26. The van der Waals surface area contributed by atoms with Gasteiger partial charge in [-0.3, -0.25) is 4.68 Å². The highest BCUT2D eigenvalue weighted by atomic mass is 16.5. The molecular formula is C16H24N4O. The zero-order valence-corrected chi connectivity index (χ0v) is 13.4. The molecule has 0 saturated carbocycles. The molecule has 0 spiro atoms. The maximum absolute atomic E-state index is 5.84. The maximum atomic E-state index is 5.84. The molecule has 2 aromatic rings. The molecule has 5 heteroatoms. The van der Waals surface area contributed by atoms with Gasteiger partial charge in [-0.05, 0) is 25.5 Å². The van der Waals surface area contributed by atoms with Gasteiger partial charge in [-0.15, -0.1) is 0 Å². The van der Waals surface area contributed by atoms with Crippen LogP contribution in [0.4, 0.5) is 0 Å². The van der Waals surface area contributed by atoms with Crippen LogP contribution in [0.2, 0.25) is 0 Å². The van der Waals surface area contributed by atoms with Crippen molar-refractivity contribution in [1.82, 2.24) is 14.8 Å². The molecule has 0 aliphatic heterocycles. The number of nitrogens with two attached hydrogens (primary N) is 1. The lowest BCUT2D eigenvalue weighted by Gasteiger charge is -2.19. The highest BCUT2D eigenvalue weighted by Crippen LogP contribution is 2.27. The van der Waals surface area contributed by atoms with E-state index in [1.807, 2.05) is 23.0 Å². The molecular weight excluding hydrogens is 264 g/mol. The maximum Gasteiger partial charge on any atom is 0.219 e. The fourth-order valence-corrected chi connectivity index (χ4v) is 1.89. The highest BCUT2D eigenvalue weighted by molar-refractivity contribution is 5.31. The zero-order chi connectivity index (χ0) is 15.6. The van der Waals surface area contributed by atoms with Gasteiger partial charge in [0.25, 0.3) is 0 Å². The topological polar surface area (TPSA) is 66.0 Å². The van der Waals surface area contributed by atoms with E-state index in [9.17, 15) is 0 Å². The van der Waals surface area contributed by atoms with Crippen LogP contribution in [-0.2, 0) is 12.0 Å². The summed E-state index contributed by atoms with van der Waals surface area (Å²) in [7, 11) is 0. The molecule has 2 rings (SSSR count). The second kappa shape index (κ2) is 5.85. The number of nitrogens with zero attached hydrogens (tertiary/aromatic N) is 3. The van der Waals surface area contributed by atoms with Gasteiger partial charge in [0.2, 0.25) is 5.88 Å². The van der Waals surface area contributed by atoms with Crippen molar-refractivity contribution in [2.75, 3.05) is 0 Å². The summed E-state index contributed by atoms with van der Waals surface area (Å²) in [6, 6.07) is 4.21. The minimum atomic E-state index is -0.0502. The van der Waals surface area contributed by atoms with Crippen molar-refractivity contribution < 1.29 is 4.74 Å². The van der Waals surface area contributed by atoms with Gasteiger partial charge in [-0.1, -0.05) is 20.8 Å². The van der Waals surface area contributed by atoms with E-state index in [0.717, 1.165) is 11.3 Å². The Kier molecular flexibility index (Phi) is 4.32. The Morgan fingerprint density at radius 3 is 2.52 bits per heavy atom. The minimum Gasteiger partial charge on any atom is -0.436 e. The van der Waals surface area contributed by atoms with Crippen molar-refractivity contribution in [2.45, 2.75) is 52.6 Å². The number of hydrogen-bond donors (Lipinski definition) is 1. The van der Waals surface area contributed by atoms with E-state index >= 15 is 0 Å². The molecule has 0 fully saturated rings. The molecule has 114 valence electrons. The lowest BCUT2D eigenvalue weighted by molar-refractivity contribution is 0.448. The SMILES string of the molecule is CC(C)n1cc(Oc2cc(CN)cc(C(C)(C)C)n2)cn1. The predicted molar refractivity (Wildman–Crippen MR) is 83.5 cm³/mol. The van der Waals surface area contributed by atoms with Crippen molar-refractivity contribution in [2.24, 2.45) is 5.73 Å². The third-order valence-electron chi connectivity index (χ3n) is 3.20. The smallest absolute Gasteiger partial charge is 0.219 e. The highest BCUT2D eigenvalue weighted by Gasteiger charge is 2.18. The van der Waals surface area contributed by atoms with E-state index in [1.165, 1.54) is 0 Å². The molecule has 0 bridgehead atoms. The summed E-state index contributed by atoms with van der Waals surface area (Å²) >= 11 is 0. The molecule has 0 aliphatic carbocycles. The van der Waals surface area contributed by atoms with Crippen LogP contribution >= 0.6 is 0 Å². The van der Waals surface area contributed by atoms with Gasteiger partial charge in [0, 0.05) is 24.1 Å². The first-order valence-corrected chi connectivity index (χ1v) is 7.23. The second-order valence-corrected chi connectivity index (χ2v) is 6.50. The number of hydrogen-bond acceptors (Lipinski definition) is 4.